The molecule has 1 aromatic rings. The van der Waals surface area contributed by atoms with Crippen molar-refractivity contribution in [1.82, 2.24) is 5.32 Å². The highest BCUT2D eigenvalue weighted by Crippen LogP contribution is 2.35. The summed E-state index contributed by atoms with van der Waals surface area (Å²) < 4.78 is 10.7. The van der Waals surface area contributed by atoms with Crippen LogP contribution < -0.4 is 19.7 Å². The van der Waals surface area contributed by atoms with Gasteiger partial charge < -0.3 is 24.8 Å². The van der Waals surface area contributed by atoms with Crippen LogP contribution in [0, 0.1) is 0 Å². The number of nitrogens with zero attached hydrogens (tertiary/aromatic N) is 1. The Morgan fingerprint density at radius 3 is 3.11 bits per heavy atom. The predicted molar refractivity (Wildman–Crippen MR) is 68.3 cm³/mol. The molecular weight excluding hydrogens is 232 g/mol. The number of hydrogen-bond donors (Lipinski definition) is 2. The van der Waals surface area contributed by atoms with Crippen LogP contribution in [-0.2, 0) is 0 Å². The number of nitrogens with one attached hydrogen (secondary N) is 1. The summed E-state index contributed by atoms with van der Waals surface area (Å²) in [6.07, 6.45) is 1.07. The zero-order valence-corrected chi connectivity index (χ0v) is 10.3. The molecule has 5 nitrogen and oxygen atoms in total. The Morgan fingerprint density at radius 2 is 2.22 bits per heavy atom. The van der Waals surface area contributed by atoms with Gasteiger partial charge in [-0.1, -0.05) is 0 Å². The van der Waals surface area contributed by atoms with E-state index in [1.165, 1.54) is 0 Å². The van der Waals surface area contributed by atoms with Gasteiger partial charge in [-0.05, 0) is 25.1 Å². The second-order valence-corrected chi connectivity index (χ2v) is 4.67. The summed E-state index contributed by atoms with van der Waals surface area (Å²) in [6, 6.07) is 6.15. The molecule has 1 aromatic carbocycles. The molecule has 2 heterocycles. The van der Waals surface area contributed by atoms with Crippen LogP contribution in [0.25, 0.3) is 0 Å². The third-order valence-electron chi connectivity index (χ3n) is 3.42. The standard InChI is InChI=1S/C13H18N2O3/c16-8-10-7-15(5-1-4-14-10)11-2-3-12-13(6-11)18-9-17-12/h2-3,6,10,14,16H,1,4-5,7-9H2. The van der Waals surface area contributed by atoms with Crippen molar-refractivity contribution in [3.05, 3.63) is 18.2 Å². The number of aliphatic hydroxyl groups is 1. The molecule has 0 spiro atoms. The molecule has 1 atom stereocenters. The van der Waals surface area contributed by atoms with Gasteiger partial charge >= 0.3 is 0 Å². The van der Waals surface area contributed by atoms with E-state index in [4.69, 9.17) is 9.47 Å². The van der Waals surface area contributed by atoms with Crippen molar-refractivity contribution in [2.45, 2.75) is 12.5 Å². The van der Waals surface area contributed by atoms with Gasteiger partial charge in [0.15, 0.2) is 11.5 Å². The maximum absolute atomic E-state index is 9.30. The lowest BCUT2D eigenvalue weighted by molar-refractivity contribution is 0.174. The second-order valence-electron chi connectivity index (χ2n) is 4.67. The molecule has 2 aliphatic heterocycles. The summed E-state index contributed by atoms with van der Waals surface area (Å²) in [5.41, 5.74) is 1.13. The summed E-state index contributed by atoms with van der Waals surface area (Å²) >= 11 is 0. The van der Waals surface area contributed by atoms with E-state index in [1.807, 2.05) is 18.2 Å². The van der Waals surface area contributed by atoms with E-state index in [0.717, 1.165) is 43.2 Å². The number of benzene rings is 1. The smallest absolute Gasteiger partial charge is 0.231 e. The van der Waals surface area contributed by atoms with Gasteiger partial charge in [0, 0.05) is 30.9 Å². The highest BCUT2D eigenvalue weighted by Gasteiger charge is 2.20. The lowest BCUT2D eigenvalue weighted by atomic mass is 10.2. The molecule has 98 valence electrons. The zero-order valence-electron chi connectivity index (χ0n) is 10.3. The molecule has 0 bridgehead atoms. The number of aliphatic hydroxyl groups excluding tert-OH is 1. The van der Waals surface area contributed by atoms with Gasteiger partial charge in [0.1, 0.15) is 0 Å². The molecule has 0 radical (unpaired) electrons. The first-order valence-corrected chi connectivity index (χ1v) is 6.35. The Balaban J connectivity index is 1.80. The van der Waals surface area contributed by atoms with Gasteiger partial charge in [-0.3, -0.25) is 0 Å². The largest absolute Gasteiger partial charge is 0.454 e. The number of hydrogen-bond acceptors (Lipinski definition) is 5. The Morgan fingerprint density at radius 1 is 1.33 bits per heavy atom. The van der Waals surface area contributed by atoms with Gasteiger partial charge in [0.25, 0.3) is 0 Å². The van der Waals surface area contributed by atoms with Crippen molar-refractivity contribution in [3.8, 4) is 11.5 Å². The van der Waals surface area contributed by atoms with Crippen LogP contribution in [0.2, 0.25) is 0 Å². The number of ether oxygens (including phenoxy) is 2. The highest BCUT2D eigenvalue weighted by molar-refractivity contribution is 5.57. The van der Waals surface area contributed by atoms with Crippen molar-refractivity contribution in [3.63, 3.8) is 0 Å². The minimum atomic E-state index is 0.137. The highest BCUT2D eigenvalue weighted by atomic mass is 16.7. The third kappa shape index (κ3) is 2.23. The first-order chi connectivity index (χ1) is 8.86. The maximum atomic E-state index is 9.30. The molecule has 1 saturated heterocycles. The van der Waals surface area contributed by atoms with Gasteiger partial charge in [0.2, 0.25) is 6.79 Å². The second kappa shape index (κ2) is 5.04. The van der Waals surface area contributed by atoms with E-state index >= 15 is 0 Å². The van der Waals surface area contributed by atoms with Crippen molar-refractivity contribution >= 4 is 5.69 Å². The van der Waals surface area contributed by atoms with Gasteiger partial charge in [-0.2, -0.15) is 0 Å². The quantitative estimate of drug-likeness (QED) is 0.804. The molecule has 2 aliphatic rings. The number of rotatable bonds is 2. The third-order valence-corrected chi connectivity index (χ3v) is 3.42. The molecule has 1 fully saturated rings. The SMILES string of the molecule is OCC1CN(c2ccc3c(c2)OCO3)CCCN1. The summed E-state index contributed by atoms with van der Waals surface area (Å²) in [5.74, 6) is 1.62. The molecule has 0 saturated carbocycles. The van der Waals surface area contributed by atoms with Crippen LogP contribution in [0.5, 0.6) is 11.5 Å². The van der Waals surface area contributed by atoms with E-state index in [1.54, 1.807) is 0 Å². The Hall–Kier alpha value is -1.46. The van der Waals surface area contributed by atoms with Crippen LogP contribution in [-0.4, -0.2) is 44.2 Å². The summed E-state index contributed by atoms with van der Waals surface area (Å²) in [7, 11) is 0. The minimum Gasteiger partial charge on any atom is -0.454 e. The van der Waals surface area contributed by atoms with E-state index in [9.17, 15) is 5.11 Å². The molecule has 0 aromatic heterocycles. The molecule has 0 amide bonds. The van der Waals surface area contributed by atoms with Crippen LogP contribution in [0.1, 0.15) is 6.42 Å². The summed E-state index contributed by atoms with van der Waals surface area (Å²) in [4.78, 5) is 2.28. The van der Waals surface area contributed by atoms with Crippen LogP contribution in [0.15, 0.2) is 18.2 Å². The topological polar surface area (TPSA) is 54.0 Å². The van der Waals surface area contributed by atoms with Gasteiger partial charge in [0.05, 0.1) is 6.61 Å². The maximum Gasteiger partial charge on any atom is 0.231 e. The Bertz CT molecular complexity index is 425. The van der Waals surface area contributed by atoms with Crippen LogP contribution in [0.3, 0.4) is 0 Å². The first-order valence-electron chi connectivity index (χ1n) is 6.35. The number of anilines is 1. The van der Waals surface area contributed by atoms with Crippen molar-refractivity contribution in [2.24, 2.45) is 0 Å². The predicted octanol–water partition coefficient (Wildman–Crippen LogP) is 0.576. The van der Waals surface area contributed by atoms with Gasteiger partial charge in [-0.15, -0.1) is 0 Å². The summed E-state index contributed by atoms with van der Waals surface area (Å²) in [6.45, 7) is 3.23. The lowest BCUT2D eigenvalue weighted by Gasteiger charge is -2.25. The Kier molecular flexibility index (Phi) is 3.25. The van der Waals surface area contributed by atoms with Crippen LogP contribution in [0.4, 0.5) is 5.69 Å². The average molecular weight is 250 g/mol. The molecule has 3 rings (SSSR count). The fraction of sp³-hybridized carbons (Fsp3) is 0.538. The van der Waals surface area contributed by atoms with Crippen molar-refractivity contribution in [2.75, 3.05) is 37.9 Å². The van der Waals surface area contributed by atoms with Crippen molar-refractivity contribution < 1.29 is 14.6 Å². The molecule has 18 heavy (non-hydrogen) atoms. The van der Waals surface area contributed by atoms with E-state index in [0.29, 0.717) is 6.79 Å². The van der Waals surface area contributed by atoms with E-state index in [-0.39, 0.29) is 12.6 Å². The molecule has 5 heteroatoms. The minimum absolute atomic E-state index is 0.137. The monoisotopic (exact) mass is 250 g/mol. The molecule has 2 N–H and O–H groups in total. The first kappa shape index (κ1) is 11.6. The molecular formula is C13H18N2O3. The normalized spacial score (nSPS) is 22.9. The fourth-order valence-electron chi connectivity index (χ4n) is 2.44. The van der Waals surface area contributed by atoms with E-state index < -0.39 is 0 Å². The average Bonchev–Trinajstić information content (AvgIpc) is 2.74. The zero-order chi connectivity index (χ0) is 12.4. The van der Waals surface area contributed by atoms with Crippen LogP contribution >= 0.6 is 0 Å². The molecule has 1 unspecified atom stereocenters. The molecule has 0 aliphatic carbocycles. The van der Waals surface area contributed by atoms with Gasteiger partial charge in [-0.25, -0.2) is 0 Å². The Labute approximate surface area is 106 Å². The fourth-order valence-corrected chi connectivity index (χ4v) is 2.44. The lowest BCUT2D eigenvalue weighted by Crippen LogP contribution is -2.40. The van der Waals surface area contributed by atoms with E-state index in [2.05, 4.69) is 10.2 Å². The number of fused-ring (bicyclic) bond motifs is 1. The summed E-state index contributed by atoms with van der Waals surface area (Å²) in [5, 5.41) is 12.6. The van der Waals surface area contributed by atoms with Crippen molar-refractivity contribution in [1.29, 1.82) is 0 Å².